The maximum absolute atomic E-state index is 13.8. The molecule has 0 aromatic heterocycles. The SMILES string of the molecule is COC(=O)C(=O)C1(NC(=O)C2[C@@H]3C(CN2C(=O)C(NC(=O)OC(C)(C)C)C(C)(C)C)C3(C)C)CC1. The summed E-state index contributed by atoms with van der Waals surface area (Å²) in [6, 6.07) is -1.74. The van der Waals surface area contributed by atoms with Crippen LogP contribution in [0.4, 0.5) is 4.79 Å². The largest absolute Gasteiger partial charge is 0.463 e. The maximum Gasteiger partial charge on any atom is 0.408 e. The van der Waals surface area contributed by atoms with Crippen LogP contribution < -0.4 is 10.6 Å². The lowest BCUT2D eigenvalue weighted by Gasteiger charge is -2.38. The normalized spacial score (nSPS) is 26.7. The highest BCUT2D eigenvalue weighted by Crippen LogP contribution is 2.65. The molecule has 1 aliphatic heterocycles. The Balaban J connectivity index is 1.83. The lowest BCUT2D eigenvalue weighted by molar-refractivity contribution is -0.154. The van der Waals surface area contributed by atoms with Gasteiger partial charge in [-0.2, -0.15) is 0 Å². The number of ketones is 1. The number of Topliss-reactive ketones (excluding diaryl/α,β-unsaturated/α-hetero) is 1. The number of fused-ring (bicyclic) bond motifs is 1. The third kappa shape index (κ3) is 5.16. The first-order valence-corrected chi connectivity index (χ1v) is 12.1. The zero-order valence-corrected chi connectivity index (χ0v) is 22.2. The molecule has 0 aromatic rings. The first kappa shape index (κ1) is 26.9. The Hall–Kier alpha value is -2.65. The van der Waals surface area contributed by atoms with E-state index in [9.17, 15) is 24.0 Å². The summed E-state index contributed by atoms with van der Waals surface area (Å²) in [4.78, 5) is 65.6. The van der Waals surface area contributed by atoms with Gasteiger partial charge in [-0.3, -0.25) is 14.4 Å². The number of rotatable bonds is 6. The molecule has 3 unspecified atom stereocenters. The third-order valence-corrected chi connectivity index (χ3v) is 7.45. The van der Waals surface area contributed by atoms with Crippen LogP contribution in [0.25, 0.3) is 0 Å². The fourth-order valence-corrected chi connectivity index (χ4v) is 5.18. The van der Waals surface area contributed by atoms with Gasteiger partial charge in [-0.1, -0.05) is 34.6 Å². The van der Waals surface area contributed by atoms with Crippen molar-refractivity contribution in [2.24, 2.45) is 22.7 Å². The molecule has 3 fully saturated rings. The second kappa shape index (κ2) is 8.48. The van der Waals surface area contributed by atoms with Crippen molar-refractivity contribution in [2.75, 3.05) is 13.7 Å². The van der Waals surface area contributed by atoms with Crippen molar-refractivity contribution in [3.63, 3.8) is 0 Å². The van der Waals surface area contributed by atoms with Crippen LogP contribution in [0.15, 0.2) is 0 Å². The van der Waals surface area contributed by atoms with Gasteiger partial charge in [0.05, 0.1) is 7.11 Å². The number of likely N-dealkylation sites (tertiary alicyclic amines) is 1. The number of ether oxygens (including phenoxy) is 2. The Labute approximate surface area is 206 Å². The molecule has 3 amide bonds. The second-order valence-corrected chi connectivity index (χ2v) is 12.7. The molecule has 35 heavy (non-hydrogen) atoms. The van der Waals surface area contributed by atoms with Gasteiger partial charge < -0.3 is 25.0 Å². The summed E-state index contributed by atoms with van der Waals surface area (Å²) in [5.74, 6) is -2.59. The molecule has 10 heteroatoms. The van der Waals surface area contributed by atoms with Crippen molar-refractivity contribution in [2.45, 2.75) is 91.5 Å². The summed E-state index contributed by atoms with van der Waals surface area (Å²) in [5, 5.41) is 5.46. The summed E-state index contributed by atoms with van der Waals surface area (Å²) < 4.78 is 9.92. The van der Waals surface area contributed by atoms with Crippen LogP contribution in [0.1, 0.15) is 68.2 Å². The summed E-state index contributed by atoms with van der Waals surface area (Å²) in [5.41, 5.74) is -2.80. The summed E-state index contributed by atoms with van der Waals surface area (Å²) >= 11 is 0. The van der Waals surface area contributed by atoms with E-state index in [1.165, 1.54) is 4.90 Å². The Morgan fingerprint density at radius 3 is 2.03 bits per heavy atom. The predicted molar refractivity (Wildman–Crippen MR) is 126 cm³/mol. The number of amides is 3. The summed E-state index contributed by atoms with van der Waals surface area (Å²) in [6.07, 6.45) is -0.0252. The van der Waals surface area contributed by atoms with Crippen LogP contribution in [0.3, 0.4) is 0 Å². The number of hydrogen-bond acceptors (Lipinski definition) is 7. The Kier molecular flexibility index (Phi) is 6.53. The molecule has 196 valence electrons. The number of esters is 1. The van der Waals surface area contributed by atoms with Crippen molar-refractivity contribution in [1.29, 1.82) is 0 Å². The van der Waals surface area contributed by atoms with E-state index < -0.39 is 52.4 Å². The first-order chi connectivity index (χ1) is 15.9. The first-order valence-electron chi connectivity index (χ1n) is 12.1. The summed E-state index contributed by atoms with van der Waals surface area (Å²) in [6.45, 7) is 15.2. The summed E-state index contributed by atoms with van der Waals surface area (Å²) in [7, 11) is 1.12. The predicted octanol–water partition coefficient (Wildman–Crippen LogP) is 1.80. The van der Waals surface area contributed by atoms with Crippen molar-refractivity contribution in [1.82, 2.24) is 15.5 Å². The molecule has 3 aliphatic rings. The average Bonchev–Trinajstić information content (AvgIpc) is 3.52. The number of piperidine rings is 1. The molecule has 0 bridgehead atoms. The van der Waals surface area contributed by atoms with E-state index in [-0.39, 0.29) is 23.2 Å². The minimum Gasteiger partial charge on any atom is -0.463 e. The smallest absolute Gasteiger partial charge is 0.408 e. The van der Waals surface area contributed by atoms with Crippen molar-refractivity contribution >= 4 is 29.7 Å². The number of nitrogens with one attached hydrogen (secondary N) is 2. The van der Waals surface area contributed by atoms with Gasteiger partial charge in [0.2, 0.25) is 11.8 Å². The zero-order valence-electron chi connectivity index (χ0n) is 22.2. The van der Waals surface area contributed by atoms with Gasteiger partial charge in [-0.05, 0) is 56.3 Å². The van der Waals surface area contributed by atoms with Gasteiger partial charge in [0.1, 0.15) is 23.2 Å². The van der Waals surface area contributed by atoms with Crippen molar-refractivity contribution in [3.05, 3.63) is 0 Å². The monoisotopic (exact) mass is 493 g/mol. The Morgan fingerprint density at radius 1 is 1.00 bits per heavy atom. The van der Waals surface area contributed by atoms with Crippen LogP contribution >= 0.6 is 0 Å². The molecule has 10 nitrogen and oxygen atoms in total. The van der Waals surface area contributed by atoms with Crippen molar-refractivity contribution in [3.8, 4) is 0 Å². The van der Waals surface area contributed by atoms with Crippen LogP contribution in [0, 0.1) is 22.7 Å². The highest BCUT2D eigenvalue weighted by Gasteiger charge is 2.70. The fraction of sp³-hybridized carbons (Fsp3) is 0.800. The molecule has 2 saturated carbocycles. The topological polar surface area (TPSA) is 131 Å². The number of carbonyl (C=O) groups is 5. The standard InChI is InChI=1S/C25H39N3O7/c1-22(2,3)16(26-21(33)35-23(4,5)6)19(31)28-12-13-14(24(13,7)8)15(28)18(30)27-25(10-11-25)17(29)20(32)34-9/h13-16H,10-12H2,1-9H3,(H,26,33)(H,27,30)/t13?,14-,15?,16?/m0/s1. The molecule has 3 rings (SSSR count). The second-order valence-electron chi connectivity index (χ2n) is 12.7. The van der Waals surface area contributed by atoms with Gasteiger partial charge in [0, 0.05) is 6.54 Å². The van der Waals surface area contributed by atoms with Crippen LogP contribution in [0.2, 0.25) is 0 Å². The molecular weight excluding hydrogens is 454 g/mol. The number of carbonyl (C=O) groups excluding carboxylic acids is 5. The molecule has 1 heterocycles. The molecule has 1 saturated heterocycles. The minimum absolute atomic E-state index is 0.0855. The average molecular weight is 494 g/mol. The lowest BCUT2D eigenvalue weighted by atomic mass is 9.85. The third-order valence-electron chi connectivity index (χ3n) is 7.45. The highest BCUT2D eigenvalue weighted by molar-refractivity contribution is 6.38. The molecule has 2 N–H and O–H groups in total. The van der Waals surface area contributed by atoms with Gasteiger partial charge >= 0.3 is 12.1 Å². The van der Waals surface area contributed by atoms with Crippen LogP contribution in [-0.4, -0.2) is 71.4 Å². The quantitative estimate of drug-likeness (QED) is 0.426. The number of methoxy groups -OCH3 is 1. The van der Waals surface area contributed by atoms with Crippen LogP contribution in [-0.2, 0) is 28.7 Å². The zero-order chi connectivity index (χ0) is 26.7. The van der Waals surface area contributed by atoms with Gasteiger partial charge in [0.15, 0.2) is 0 Å². The minimum atomic E-state index is -1.27. The van der Waals surface area contributed by atoms with E-state index in [0.29, 0.717) is 19.4 Å². The fourth-order valence-electron chi connectivity index (χ4n) is 5.18. The van der Waals surface area contributed by atoms with Crippen molar-refractivity contribution < 1.29 is 33.4 Å². The van der Waals surface area contributed by atoms with Gasteiger partial charge in [0.25, 0.3) is 5.78 Å². The van der Waals surface area contributed by atoms with E-state index >= 15 is 0 Å². The Bertz CT molecular complexity index is 940. The highest BCUT2D eigenvalue weighted by atomic mass is 16.6. The number of nitrogens with zero attached hydrogens (tertiary/aromatic N) is 1. The molecule has 0 aromatic carbocycles. The molecule has 4 atom stereocenters. The lowest BCUT2D eigenvalue weighted by Crippen LogP contribution is -2.61. The maximum atomic E-state index is 13.8. The van der Waals surface area contributed by atoms with Gasteiger partial charge in [-0.25, -0.2) is 9.59 Å². The Morgan fingerprint density at radius 2 is 1.57 bits per heavy atom. The number of hydrogen-bond donors (Lipinski definition) is 2. The van der Waals surface area contributed by atoms with E-state index in [1.54, 1.807) is 20.8 Å². The molecule has 0 spiro atoms. The molecular formula is C25H39N3O7. The van der Waals surface area contributed by atoms with Gasteiger partial charge in [-0.15, -0.1) is 0 Å². The number of alkyl carbamates (subject to hydrolysis) is 1. The molecule has 0 radical (unpaired) electrons. The van der Waals surface area contributed by atoms with E-state index in [4.69, 9.17) is 4.74 Å². The van der Waals surface area contributed by atoms with E-state index in [0.717, 1.165) is 7.11 Å². The van der Waals surface area contributed by atoms with E-state index in [2.05, 4.69) is 29.2 Å². The van der Waals surface area contributed by atoms with Crippen LogP contribution in [0.5, 0.6) is 0 Å². The van der Waals surface area contributed by atoms with E-state index in [1.807, 2.05) is 20.8 Å². The molecule has 2 aliphatic carbocycles.